The van der Waals surface area contributed by atoms with Gasteiger partial charge in [0.1, 0.15) is 5.75 Å². The quantitative estimate of drug-likeness (QED) is 0.788. The lowest BCUT2D eigenvalue weighted by molar-refractivity contribution is 0.407. The molecule has 0 bridgehead atoms. The zero-order valence-electron chi connectivity index (χ0n) is 9.36. The molecule has 0 aromatic heterocycles. The third-order valence-electron chi connectivity index (χ3n) is 2.15. The van der Waals surface area contributed by atoms with Crippen molar-refractivity contribution in [1.82, 2.24) is 5.32 Å². The molecule has 0 saturated carbocycles. The van der Waals surface area contributed by atoms with Crippen LogP contribution in [0.25, 0.3) is 0 Å². The number of methoxy groups -OCH3 is 1. The van der Waals surface area contributed by atoms with Gasteiger partial charge in [-0.1, -0.05) is 6.92 Å². The summed E-state index contributed by atoms with van der Waals surface area (Å²) in [6.45, 7) is 3.31. The molecule has 1 rings (SSSR count). The van der Waals surface area contributed by atoms with E-state index in [0.717, 1.165) is 12.1 Å². The number of sulfonamides is 1. The van der Waals surface area contributed by atoms with Crippen LogP contribution in [0.1, 0.15) is 12.5 Å². The first-order valence-corrected chi connectivity index (χ1v) is 6.44. The van der Waals surface area contributed by atoms with Crippen molar-refractivity contribution in [2.75, 3.05) is 13.7 Å². The number of nitrogens with one attached hydrogen (secondary N) is 1. The molecule has 0 aliphatic rings. The molecule has 0 atom stereocenters. The Balaban J connectivity index is 3.11. The molecule has 0 saturated heterocycles. The molecule has 90 valence electrons. The Morgan fingerprint density at radius 2 is 2.12 bits per heavy atom. The molecule has 0 radical (unpaired) electrons. The van der Waals surface area contributed by atoms with Crippen molar-refractivity contribution in [3.63, 3.8) is 0 Å². The molecule has 0 fully saturated rings. The molecule has 6 heteroatoms. The molecule has 0 aliphatic heterocycles. The van der Waals surface area contributed by atoms with Gasteiger partial charge in [0, 0.05) is 12.1 Å². The van der Waals surface area contributed by atoms with Crippen molar-refractivity contribution in [3.05, 3.63) is 23.8 Å². The van der Waals surface area contributed by atoms with Crippen molar-refractivity contribution in [3.8, 4) is 5.75 Å². The van der Waals surface area contributed by atoms with Gasteiger partial charge in [0.15, 0.2) is 0 Å². The fourth-order valence-corrected chi connectivity index (χ4v) is 1.89. The normalized spacial score (nSPS) is 11.4. The van der Waals surface area contributed by atoms with Crippen LogP contribution in [0.4, 0.5) is 0 Å². The predicted octanol–water partition coefficient (Wildman–Crippen LogP) is 0.452. The van der Waals surface area contributed by atoms with E-state index in [4.69, 9.17) is 9.88 Å². The SMILES string of the molecule is CCNCc1cc(S(N)(=O)=O)ccc1OC. The first-order chi connectivity index (χ1) is 7.49. The maximum Gasteiger partial charge on any atom is 0.238 e. The Kier molecular flexibility index (Phi) is 4.28. The minimum Gasteiger partial charge on any atom is -0.496 e. The topological polar surface area (TPSA) is 81.4 Å². The van der Waals surface area contributed by atoms with Crippen LogP contribution in [-0.4, -0.2) is 22.1 Å². The summed E-state index contributed by atoms with van der Waals surface area (Å²) in [6.07, 6.45) is 0. The van der Waals surface area contributed by atoms with Gasteiger partial charge in [-0.15, -0.1) is 0 Å². The first kappa shape index (κ1) is 13.0. The van der Waals surface area contributed by atoms with Gasteiger partial charge in [-0.2, -0.15) is 0 Å². The van der Waals surface area contributed by atoms with E-state index in [1.54, 1.807) is 13.2 Å². The summed E-state index contributed by atoms with van der Waals surface area (Å²) in [4.78, 5) is 0.0983. The van der Waals surface area contributed by atoms with E-state index < -0.39 is 10.0 Å². The summed E-state index contributed by atoms with van der Waals surface area (Å²) in [5.74, 6) is 0.647. The third-order valence-corrected chi connectivity index (χ3v) is 3.06. The van der Waals surface area contributed by atoms with Gasteiger partial charge in [-0.3, -0.25) is 0 Å². The second kappa shape index (κ2) is 5.29. The van der Waals surface area contributed by atoms with Gasteiger partial charge >= 0.3 is 0 Å². The number of nitrogens with two attached hydrogens (primary N) is 1. The Morgan fingerprint density at radius 1 is 1.44 bits per heavy atom. The molecule has 0 unspecified atom stereocenters. The molecule has 1 aromatic carbocycles. The third kappa shape index (κ3) is 3.19. The molecule has 3 N–H and O–H groups in total. The summed E-state index contributed by atoms with van der Waals surface area (Å²) in [5, 5.41) is 8.16. The number of ether oxygens (including phenoxy) is 1. The molecule has 16 heavy (non-hydrogen) atoms. The van der Waals surface area contributed by atoms with E-state index in [1.807, 2.05) is 6.92 Å². The lowest BCUT2D eigenvalue weighted by Crippen LogP contribution is -2.15. The van der Waals surface area contributed by atoms with E-state index in [2.05, 4.69) is 5.32 Å². The van der Waals surface area contributed by atoms with Crippen LogP contribution in [-0.2, 0) is 16.6 Å². The Labute approximate surface area is 95.7 Å². The smallest absolute Gasteiger partial charge is 0.238 e. The van der Waals surface area contributed by atoms with Gasteiger partial charge in [-0.05, 0) is 24.7 Å². The van der Waals surface area contributed by atoms with Gasteiger partial charge < -0.3 is 10.1 Å². The summed E-state index contributed by atoms with van der Waals surface area (Å²) in [6, 6.07) is 4.56. The average molecular weight is 244 g/mol. The molecular formula is C10H16N2O3S. The summed E-state index contributed by atoms with van der Waals surface area (Å²) in [5.41, 5.74) is 0.774. The van der Waals surface area contributed by atoms with E-state index in [9.17, 15) is 8.42 Å². The van der Waals surface area contributed by atoms with Crippen molar-refractivity contribution in [1.29, 1.82) is 0 Å². The van der Waals surface area contributed by atoms with Gasteiger partial charge in [0.2, 0.25) is 10.0 Å². The van der Waals surface area contributed by atoms with Crippen LogP contribution < -0.4 is 15.2 Å². The first-order valence-electron chi connectivity index (χ1n) is 4.89. The maximum absolute atomic E-state index is 11.2. The van der Waals surface area contributed by atoms with Gasteiger partial charge in [0.25, 0.3) is 0 Å². The van der Waals surface area contributed by atoms with Crippen LogP contribution in [0.3, 0.4) is 0 Å². The van der Waals surface area contributed by atoms with Crippen LogP contribution in [0.2, 0.25) is 0 Å². The number of hydrogen-bond donors (Lipinski definition) is 2. The van der Waals surface area contributed by atoms with Crippen LogP contribution in [0.5, 0.6) is 5.75 Å². The lowest BCUT2D eigenvalue weighted by Gasteiger charge is -2.10. The minimum absolute atomic E-state index is 0.0983. The van der Waals surface area contributed by atoms with E-state index in [1.165, 1.54) is 12.1 Å². The van der Waals surface area contributed by atoms with E-state index in [0.29, 0.717) is 12.3 Å². The highest BCUT2D eigenvalue weighted by Gasteiger charge is 2.11. The van der Waals surface area contributed by atoms with E-state index >= 15 is 0 Å². The highest BCUT2D eigenvalue weighted by molar-refractivity contribution is 7.89. The van der Waals surface area contributed by atoms with Crippen molar-refractivity contribution in [2.24, 2.45) is 5.14 Å². The highest BCUT2D eigenvalue weighted by atomic mass is 32.2. The number of rotatable bonds is 5. The Hall–Kier alpha value is -1.11. The molecule has 5 nitrogen and oxygen atoms in total. The predicted molar refractivity (Wildman–Crippen MR) is 61.7 cm³/mol. The molecular weight excluding hydrogens is 228 g/mol. The van der Waals surface area contributed by atoms with Crippen molar-refractivity contribution in [2.45, 2.75) is 18.4 Å². The monoisotopic (exact) mass is 244 g/mol. The number of hydrogen-bond acceptors (Lipinski definition) is 4. The lowest BCUT2D eigenvalue weighted by atomic mass is 10.2. The summed E-state index contributed by atoms with van der Waals surface area (Å²) >= 11 is 0. The average Bonchev–Trinajstić information content (AvgIpc) is 2.24. The fourth-order valence-electron chi connectivity index (χ4n) is 1.33. The molecule has 0 aliphatic carbocycles. The largest absolute Gasteiger partial charge is 0.496 e. The maximum atomic E-state index is 11.2. The standard InChI is InChI=1S/C10H16N2O3S/c1-3-12-7-8-6-9(16(11,13)14)4-5-10(8)15-2/h4-6,12H,3,7H2,1-2H3,(H2,11,13,14). The fraction of sp³-hybridized carbons (Fsp3) is 0.400. The zero-order chi connectivity index (χ0) is 12.2. The highest BCUT2D eigenvalue weighted by Crippen LogP contribution is 2.21. The number of benzene rings is 1. The van der Waals surface area contributed by atoms with Crippen molar-refractivity contribution >= 4 is 10.0 Å². The minimum atomic E-state index is -3.66. The molecule has 1 aromatic rings. The zero-order valence-corrected chi connectivity index (χ0v) is 10.2. The van der Waals surface area contributed by atoms with Crippen molar-refractivity contribution < 1.29 is 13.2 Å². The molecule has 0 amide bonds. The summed E-state index contributed by atoms with van der Waals surface area (Å²) < 4.78 is 27.5. The Morgan fingerprint density at radius 3 is 2.62 bits per heavy atom. The van der Waals surface area contributed by atoms with E-state index in [-0.39, 0.29) is 4.90 Å². The molecule has 0 spiro atoms. The second-order valence-electron chi connectivity index (χ2n) is 3.30. The van der Waals surface area contributed by atoms with Crippen LogP contribution in [0, 0.1) is 0 Å². The number of primary sulfonamides is 1. The summed E-state index contributed by atoms with van der Waals surface area (Å²) in [7, 11) is -2.12. The molecule has 0 heterocycles. The van der Waals surface area contributed by atoms with Crippen LogP contribution >= 0.6 is 0 Å². The van der Waals surface area contributed by atoms with Gasteiger partial charge in [-0.25, -0.2) is 13.6 Å². The van der Waals surface area contributed by atoms with Gasteiger partial charge in [0.05, 0.1) is 12.0 Å². The van der Waals surface area contributed by atoms with Crippen LogP contribution in [0.15, 0.2) is 23.1 Å². The second-order valence-corrected chi connectivity index (χ2v) is 4.86. The Bertz CT molecular complexity index is 457.